The molecule has 134 valence electrons. The van der Waals surface area contributed by atoms with Crippen LogP contribution < -0.4 is 9.47 Å². The van der Waals surface area contributed by atoms with Gasteiger partial charge in [0, 0.05) is 10.9 Å². The summed E-state index contributed by atoms with van der Waals surface area (Å²) in [5.41, 5.74) is 5.36. The van der Waals surface area contributed by atoms with Crippen molar-refractivity contribution in [2.24, 2.45) is 0 Å². The molecule has 0 saturated heterocycles. The first-order valence-corrected chi connectivity index (χ1v) is 9.61. The maximum atomic E-state index is 12.0. The van der Waals surface area contributed by atoms with Crippen LogP contribution in [0.25, 0.3) is 27.5 Å². The normalized spacial score (nSPS) is 12.6. The molecule has 0 aliphatic carbocycles. The van der Waals surface area contributed by atoms with Crippen LogP contribution in [0.15, 0.2) is 47.8 Å². The van der Waals surface area contributed by atoms with Gasteiger partial charge in [0.1, 0.15) is 11.4 Å². The molecule has 1 aliphatic rings. The third kappa shape index (κ3) is 2.52. The summed E-state index contributed by atoms with van der Waals surface area (Å²) in [5.74, 6) is 1.39. The van der Waals surface area contributed by atoms with Crippen molar-refractivity contribution in [3.63, 3.8) is 0 Å². The summed E-state index contributed by atoms with van der Waals surface area (Å²) in [7, 11) is 0. The van der Waals surface area contributed by atoms with Crippen LogP contribution in [0, 0.1) is 0 Å². The Hall–Kier alpha value is -3.12. The van der Waals surface area contributed by atoms with Crippen molar-refractivity contribution in [2.45, 2.75) is 13.3 Å². The van der Waals surface area contributed by atoms with Crippen LogP contribution in [0.3, 0.4) is 0 Å². The zero-order chi connectivity index (χ0) is 18.4. The van der Waals surface area contributed by atoms with Crippen LogP contribution in [0.2, 0.25) is 0 Å². The topological polar surface area (TPSA) is 52.8 Å². The van der Waals surface area contributed by atoms with E-state index in [9.17, 15) is 4.79 Å². The third-order valence-electron chi connectivity index (χ3n) is 4.81. The Bertz CT molecular complexity index is 1160. The summed E-state index contributed by atoms with van der Waals surface area (Å²) >= 11 is 1.53. The second-order valence-electron chi connectivity index (χ2n) is 6.32. The molecule has 1 aliphatic heterocycles. The van der Waals surface area contributed by atoms with Crippen LogP contribution in [-0.4, -0.2) is 22.5 Å². The molecule has 0 bridgehead atoms. The van der Waals surface area contributed by atoms with Gasteiger partial charge in [0.25, 0.3) is 0 Å². The van der Waals surface area contributed by atoms with Gasteiger partial charge in [-0.15, -0.1) is 11.3 Å². The lowest BCUT2D eigenvalue weighted by Crippen LogP contribution is -1.94. The molecule has 0 saturated carbocycles. The van der Waals surface area contributed by atoms with E-state index in [0.29, 0.717) is 22.9 Å². The molecule has 0 atom stereocenters. The molecule has 5 nitrogen and oxygen atoms in total. The highest BCUT2D eigenvalue weighted by Gasteiger charge is 2.21. The van der Waals surface area contributed by atoms with E-state index < -0.39 is 0 Å². The van der Waals surface area contributed by atoms with E-state index in [1.165, 1.54) is 16.9 Å². The van der Waals surface area contributed by atoms with Gasteiger partial charge in [-0.05, 0) is 35.7 Å². The summed E-state index contributed by atoms with van der Waals surface area (Å²) < 4.78 is 12.8. The van der Waals surface area contributed by atoms with Gasteiger partial charge < -0.3 is 9.47 Å². The molecule has 0 unspecified atom stereocenters. The molecule has 2 aromatic carbocycles. The Kier molecular flexibility index (Phi) is 3.72. The highest BCUT2D eigenvalue weighted by atomic mass is 32.1. The minimum atomic E-state index is 0.218. The minimum absolute atomic E-state index is 0.218. The number of thiazole rings is 1. The predicted molar refractivity (Wildman–Crippen MR) is 105 cm³/mol. The van der Waals surface area contributed by atoms with Crippen molar-refractivity contribution in [2.75, 3.05) is 6.79 Å². The largest absolute Gasteiger partial charge is 0.454 e. The third-order valence-corrected chi connectivity index (χ3v) is 5.64. The zero-order valence-electron chi connectivity index (χ0n) is 14.6. The Morgan fingerprint density at radius 2 is 1.89 bits per heavy atom. The van der Waals surface area contributed by atoms with Gasteiger partial charge >= 0.3 is 0 Å². The predicted octanol–water partition coefficient (Wildman–Crippen LogP) is 4.83. The number of aromatic nitrogens is 2. The van der Waals surface area contributed by atoms with Crippen molar-refractivity contribution in [3.8, 4) is 34.0 Å². The quantitative estimate of drug-likeness (QED) is 0.479. The smallest absolute Gasteiger partial charge is 0.231 e. The maximum Gasteiger partial charge on any atom is 0.231 e. The summed E-state index contributed by atoms with van der Waals surface area (Å²) in [6.45, 7) is 2.35. The fourth-order valence-electron chi connectivity index (χ4n) is 3.36. The van der Waals surface area contributed by atoms with Gasteiger partial charge in [0.05, 0.1) is 5.69 Å². The number of nitrogens with zero attached hydrogens (tertiary/aromatic N) is 2. The molecule has 3 heterocycles. The van der Waals surface area contributed by atoms with E-state index in [-0.39, 0.29) is 6.79 Å². The number of benzene rings is 2. The lowest BCUT2D eigenvalue weighted by Gasteiger charge is -2.04. The number of aryl methyl sites for hydroxylation is 1. The summed E-state index contributed by atoms with van der Waals surface area (Å²) in [5, 5.41) is 2.04. The number of hydrogen-bond donors (Lipinski definition) is 0. The first-order chi connectivity index (χ1) is 13.3. The van der Waals surface area contributed by atoms with Gasteiger partial charge in [-0.3, -0.25) is 9.20 Å². The molecular formula is C21H16N2O3S. The fraction of sp³-hybridized carbons (Fsp3) is 0.143. The van der Waals surface area contributed by atoms with Crippen molar-refractivity contribution >= 4 is 22.6 Å². The molecule has 0 N–H and O–H groups in total. The molecule has 4 aromatic rings. The number of carbonyl (C=O) groups excluding carboxylic acids is 1. The number of aldehydes is 1. The summed E-state index contributed by atoms with van der Waals surface area (Å²) in [6.07, 6.45) is 1.87. The molecule has 5 rings (SSSR count). The molecule has 0 amide bonds. The van der Waals surface area contributed by atoms with Crippen LogP contribution in [0.1, 0.15) is 23.0 Å². The van der Waals surface area contributed by atoms with Gasteiger partial charge in [0.2, 0.25) is 6.79 Å². The first-order valence-electron chi connectivity index (χ1n) is 8.73. The number of carbonyl (C=O) groups is 1. The van der Waals surface area contributed by atoms with E-state index in [0.717, 1.165) is 34.5 Å². The molecule has 0 fully saturated rings. The van der Waals surface area contributed by atoms with E-state index in [1.807, 2.05) is 28.0 Å². The second-order valence-corrected chi connectivity index (χ2v) is 7.16. The zero-order valence-corrected chi connectivity index (χ0v) is 15.5. The standard InChI is InChI=1S/C21H16N2O3S/c1-2-13-3-5-14(6-4-13)17-11-27-21-22-20(16(10-24)23(17)21)15-7-8-18-19(9-15)26-12-25-18/h3-11H,2,12H2,1H3. The van der Waals surface area contributed by atoms with E-state index in [2.05, 4.69) is 31.2 Å². The monoisotopic (exact) mass is 376 g/mol. The lowest BCUT2D eigenvalue weighted by molar-refractivity contribution is 0.111. The highest BCUT2D eigenvalue weighted by molar-refractivity contribution is 7.15. The number of rotatable bonds is 4. The molecule has 2 aromatic heterocycles. The highest BCUT2D eigenvalue weighted by Crippen LogP contribution is 2.38. The molecule has 6 heteroatoms. The van der Waals surface area contributed by atoms with Gasteiger partial charge in [-0.2, -0.15) is 0 Å². The lowest BCUT2D eigenvalue weighted by atomic mass is 10.1. The minimum Gasteiger partial charge on any atom is -0.454 e. The van der Waals surface area contributed by atoms with Crippen LogP contribution in [-0.2, 0) is 6.42 Å². The Morgan fingerprint density at radius 1 is 1.11 bits per heavy atom. The Labute approximate surface area is 159 Å². The average Bonchev–Trinajstić information content (AvgIpc) is 3.41. The van der Waals surface area contributed by atoms with Crippen molar-refractivity contribution in [1.29, 1.82) is 0 Å². The molecule has 0 spiro atoms. The molecule has 0 radical (unpaired) electrons. The number of ether oxygens (including phenoxy) is 2. The van der Waals surface area contributed by atoms with Crippen molar-refractivity contribution in [3.05, 3.63) is 59.1 Å². The Morgan fingerprint density at radius 3 is 2.67 bits per heavy atom. The Balaban J connectivity index is 1.67. The van der Waals surface area contributed by atoms with Gasteiger partial charge in [0.15, 0.2) is 22.7 Å². The molecular weight excluding hydrogens is 360 g/mol. The van der Waals surface area contributed by atoms with E-state index >= 15 is 0 Å². The summed E-state index contributed by atoms with van der Waals surface area (Å²) in [6, 6.07) is 14.1. The molecule has 27 heavy (non-hydrogen) atoms. The maximum absolute atomic E-state index is 12.0. The number of imidazole rings is 1. The van der Waals surface area contributed by atoms with E-state index in [4.69, 9.17) is 14.5 Å². The number of fused-ring (bicyclic) bond motifs is 2. The van der Waals surface area contributed by atoms with Crippen LogP contribution in [0.5, 0.6) is 11.5 Å². The first kappa shape index (κ1) is 16.1. The number of hydrogen-bond acceptors (Lipinski definition) is 5. The van der Waals surface area contributed by atoms with Crippen molar-refractivity contribution in [1.82, 2.24) is 9.38 Å². The summed E-state index contributed by atoms with van der Waals surface area (Å²) in [4.78, 5) is 17.5. The van der Waals surface area contributed by atoms with Crippen LogP contribution >= 0.6 is 11.3 Å². The SMILES string of the molecule is CCc1ccc(-c2csc3nc(-c4ccc5c(c4)OCO5)c(C=O)n23)cc1. The fourth-order valence-corrected chi connectivity index (χ4v) is 4.26. The van der Waals surface area contributed by atoms with Gasteiger partial charge in [-0.25, -0.2) is 4.98 Å². The van der Waals surface area contributed by atoms with Crippen molar-refractivity contribution < 1.29 is 14.3 Å². The van der Waals surface area contributed by atoms with E-state index in [1.54, 1.807) is 0 Å². The average molecular weight is 376 g/mol. The second kappa shape index (κ2) is 6.25. The van der Waals surface area contributed by atoms with Gasteiger partial charge in [-0.1, -0.05) is 31.2 Å². The van der Waals surface area contributed by atoms with Crippen LogP contribution in [0.4, 0.5) is 0 Å².